The van der Waals surface area contributed by atoms with Crippen LogP contribution in [0.5, 0.6) is 0 Å². The summed E-state index contributed by atoms with van der Waals surface area (Å²) < 4.78 is 32.9. The number of hydroxylamine groups is 3. The van der Waals surface area contributed by atoms with Gasteiger partial charge in [0.25, 0.3) is 0 Å². The minimum Gasteiger partial charge on any atom is -0.748 e. The molecule has 3 rings (SSSR count). The minimum absolute atomic E-state index is 0.000000000000000666. The van der Waals surface area contributed by atoms with Gasteiger partial charge in [-0.15, -0.1) is 0 Å². The lowest BCUT2D eigenvalue weighted by Gasteiger charge is -2.33. The molecule has 3 aliphatic rings. The van der Waals surface area contributed by atoms with Crippen LogP contribution in [0, 0.1) is 5.92 Å². The summed E-state index contributed by atoms with van der Waals surface area (Å²) >= 11 is 0. The van der Waals surface area contributed by atoms with Crippen LogP contribution in [-0.4, -0.2) is 62.2 Å². The summed E-state index contributed by atoms with van der Waals surface area (Å²) in [4.78, 5) is 17.9. The Hall–Kier alpha value is -0.700. The van der Waals surface area contributed by atoms with Gasteiger partial charge in [-0.05, 0) is 6.42 Å². The second-order valence-corrected chi connectivity index (χ2v) is 7.06. The van der Waals surface area contributed by atoms with E-state index in [1.165, 1.54) is 20.0 Å². The summed E-state index contributed by atoms with van der Waals surface area (Å²) in [6.45, 7) is 2.18. The average Bonchev–Trinajstić information content (AvgIpc) is 2.79. The number of carbonyl (C=O) groups excluding carboxylic acids is 1. The van der Waals surface area contributed by atoms with Crippen molar-refractivity contribution >= 4 is 16.1 Å². The Bertz CT molecular complexity index is 470. The van der Waals surface area contributed by atoms with Crippen molar-refractivity contribution in [2.45, 2.75) is 37.8 Å². The van der Waals surface area contributed by atoms with E-state index in [1.807, 2.05) is 0 Å². The molecule has 0 aromatic heterocycles. The molecule has 1 unspecified atom stereocenters. The van der Waals surface area contributed by atoms with Crippen LogP contribution in [-0.2, 0) is 24.5 Å². The average molecular weight is 307 g/mol. The molecule has 0 aromatic rings. The van der Waals surface area contributed by atoms with E-state index in [-0.39, 0.29) is 18.0 Å². The van der Waals surface area contributed by atoms with Crippen molar-refractivity contribution in [1.29, 1.82) is 0 Å². The lowest BCUT2D eigenvalue weighted by atomic mass is 9.92. The fraction of sp³-hybridized carbons (Fsp3) is 0.917. The zero-order valence-electron chi connectivity index (χ0n) is 11.8. The number of fused-ring (bicyclic) bond motifs is 1. The summed E-state index contributed by atoms with van der Waals surface area (Å²) in [5.74, 6) is -0.0613. The highest BCUT2D eigenvalue weighted by molar-refractivity contribution is 7.84. The molecule has 20 heavy (non-hydrogen) atoms. The fourth-order valence-corrected chi connectivity index (χ4v) is 3.72. The maximum atomic E-state index is 11.8. The zero-order chi connectivity index (χ0) is 15.0. The molecule has 8 heteroatoms. The third-order valence-electron chi connectivity index (χ3n) is 4.30. The highest BCUT2D eigenvalue weighted by Crippen LogP contribution is 2.47. The van der Waals surface area contributed by atoms with Crippen LogP contribution >= 0.6 is 0 Å². The fourth-order valence-electron chi connectivity index (χ4n) is 3.72. The van der Waals surface area contributed by atoms with E-state index in [2.05, 4.69) is 0 Å². The van der Waals surface area contributed by atoms with Crippen LogP contribution in [0.25, 0.3) is 0 Å². The zero-order valence-corrected chi connectivity index (χ0v) is 12.6. The molecule has 3 saturated heterocycles. The van der Waals surface area contributed by atoms with Gasteiger partial charge in [-0.3, -0.25) is 4.79 Å². The molecule has 3 fully saturated rings. The summed E-state index contributed by atoms with van der Waals surface area (Å²) in [6, 6.07) is 0.380. The number of hydrogen-bond donors (Lipinski definition) is 0. The van der Waals surface area contributed by atoms with Crippen LogP contribution in [0.2, 0.25) is 0 Å². The van der Waals surface area contributed by atoms with Gasteiger partial charge < -0.3 is 9.29 Å². The molecular formula is C12H21NO6S. The molecule has 0 amide bonds. The Morgan fingerprint density at radius 1 is 1.30 bits per heavy atom. The first-order chi connectivity index (χ1) is 9.27. The smallest absolute Gasteiger partial charge is 0.317 e. The number of nitrogens with zero attached hydrogens (tertiary/aromatic N) is 1. The van der Waals surface area contributed by atoms with Crippen LogP contribution in [0.1, 0.15) is 25.7 Å². The standard InChI is InChI=1S/C11H18NO3.CH4O3S/c1-14-11(13)10-8-4-2-6-12(8)7-3-5-9(10)15-12;1-5(2,3)4/h8-10H,2-7H2,1H3;1H3,(H,2,3,4)/q+1;/p-1/t8-,9-,10+,12?;/m0./s1. The lowest BCUT2D eigenvalue weighted by Crippen LogP contribution is -2.49. The highest BCUT2D eigenvalue weighted by Gasteiger charge is 2.63. The minimum atomic E-state index is -3.92. The Balaban J connectivity index is 0.000000257. The number of methoxy groups -OCH3 is 1. The normalized spacial score (nSPS) is 38.6. The topological polar surface area (TPSA) is 92.7 Å². The maximum Gasteiger partial charge on any atom is 0.317 e. The predicted molar refractivity (Wildman–Crippen MR) is 68.3 cm³/mol. The Kier molecular flexibility index (Phi) is 4.38. The van der Waals surface area contributed by atoms with E-state index in [1.54, 1.807) is 0 Å². The molecule has 1 spiro atoms. The van der Waals surface area contributed by atoms with Gasteiger partial charge in [0.2, 0.25) is 0 Å². The molecule has 116 valence electrons. The van der Waals surface area contributed by atoms with Crippen molar-refractivity contribution in [2.24, 2.45) is 5.92 Å². The predicted octanol–water partition coefficient (Wildman–Crippen LogP) is 0.0238. The van der Waals surface area contributed by atoms with Gasteiger partial charge in [-0.25, -0.2) is 8.42 Å². The number of quaternary nitrogens is 1. The quantitative estimate of drug-likeness (QED) is 0.385. The Morgan fingerprint density at radius 2 is 1.85 bits per heavy atom. The van der Waals surface area contributed by atoms with Gasteiger partial charge in [0, 0.05) is 25.5 Å². The van der Waals surface area contributed by atoms with E-state index in [4.69, 9.17) is 22.5 Å². The van der Waals surface area contributed by atoms with Gasteiger partial charge in [0.1, 0.15) is 31.2 Å². The molecule has 3 heterocycles. The third kappa shape index (κ3) is 3.13. The van der Waals surface area contributed by atoms with Crippen LogP contribution in [0.3, 0.4) is 0 Å². The van der Waals surface area contributed by atoms with Gasteiger partial charge in [-0.2, -0.15) is 9.48 Å². The Morgan fingerprint density at radius 3 is 2.40 bits per heavy atom. The lowest BCUT2D eigenvalue weighted by molar-refractivity contribution is -1.11. The third-order valence-corrected chi connectivity index (χ3v) is 4.30. The molecule has 3 aliphatic heterocycles. The van der Waals surface area contributed by atoms with Crippen LogP contribution in [0.15, 0.2) is 0 Å². The van der Waals surface area contributed by atoms with Crippen molar-refractivity contribution in [1.82, 2.24) is 0 Å². The van der Waals surface area contributed by atoms with Gasteiger partial charge in [-0.1, -0.05) is 0 Å². The summed E-state index contributed by atoms with van der Waals surface area (Å²) in [5, 5.41) is 0. The molecular weight excluding hydrogens is 286 g/mol. The van der Waals surface area contributed by atoms with E-state index in [0.29, 0.717) is 12.3 Å². The van der Waals surface area contributed by atoms with E-state index in [0.717, 1.165) is 30.6 Å². The molecule has 0 radical (unpaired) electrons. The van der Waals surface area contributed by atoms with Gasteiger partial charge >= 0.3 is 5.97 Å². The molecule has 0 N–H and O–H groups in total. The summed E-state index contributed by atoms with van der Waals surface area (Å²) in [7, 11) is -2.43. The molecule has 0 saturated carbocycles. The van der Waals surface area contributed by atoms with Crippen LogP contribution < -0.4 is 0 Å². The largest absolute Gasteiger partial charge is 0.748 e. The molecule has 0 aliphatic carbocycles. The second-order valence-electron chi connectivity index (χ2n) is 5.65. The van der Waals surface area contributed by atoms with E-state index >= 15 is 0 Å². The molecule has 0 aromatic carbocycles. The van der Waals surface area contributed by atoms with Crippen LogP contribution in [0.4, 0.5) is 0 Å². The van der Waals surface area contributed by atoms with Crippen molar-refractivity contribution < 1.29 is 32.0 Å². The summed E-state index contributed by atoms with van der Waals surface area (Å²) in [6.07, 6.45) is 5.25. The monoisotopic (exact) mass is 307 g/mol. The number of ether oxygens (including phenoxy) is 1. The van der Waals surface area contributed by atoms with Crippen molar-refractivity contribution in [2.75, 3.05) is 26.5 Å². The molecule has 2 bridgehead atoms. The van der Waals surface area contributed by atoms with Gasteiger partial charge in [0.05, 0.1) is 17.2 Å². The summed E-state index contributed by atoms with van der Waals surface area (Å²) in [5.41, 5.74) is 0. The van der Waals surface area contributed by atoms with Crippen molar-refractivity contribution in [3.8, 4) is 0 Å². The molecule has 4 atom stereocenters. The van der Waals surface area contributed by atoms with E-state index in [9.17, 15) is 4.79 Å². The molecule has 7 nitrogen and oxygen atoms in total. The number of esters is 1. The SMILES string of the molecule is COC(=O)[C@H]1[C@@H]2CCC[N+]3(CCC[C@@H]13)O2.CS(=O)(=O)[O-]. The number of hydrogen-bond acceptors (Lipinski definition) is 6. The Labute approximate surface area is 119 Å². The van der Waals surface area contributed by atoms with E-state index < -0.39 is 10.1 Å². The number of rotatable bonds is 1. The highest BCUT2D eigenvalue weighted by atomic mass is 32.2. The first-order valence-electron chi connectivity index (χ1n) is 6.81. The number of carbonyl (C=O) groups is 1. The first-order valence-corrected chi connectivity index (χ1v) is 8.62. The maximum absolute atomic E-state index is 11.8. The first kappa shape index (κ1) is 15.7. The van der Waals surface area contributed by atoms with Crippen molar-refractivity contribution in [3.63, 3.8) is 0 Å². The van der Waals surface area contributed by atoms with Crippen molar-refractivity contribution in [3.05, 3.63) is 0 Å². The second kappa shape index (κ2) is 5.59. The van der Waals surface area contributed by atoms with Gasteiger partial charge in [0.15, 0.2) is 0 Å².